The summed E-state index contributed by atoms with van der Waals surface area (Å²) in [6.07, 6.45) is 2.16. The molecule has 2 amide bonds. The monoisotopic (exact) mass is 253 g/mol. The molecule has 18 heavy (non-hydrogen) atoms. The standard InChI is InChI=1S/C13H23N3O2/c1-9(15-10(2)17)13(18)16-5-3-11-7-14-8-12(11)4-6-16/h9,11-12,14H,3-8H2,1-2H3,(H,15,17)/t9?,11-,12+. The molecule has 0 aromatic heterocycles. The largest absolute Gasteiger partial charge is 0.345 e. The number of rotatable bonds is 2. The van der Waals surface area contributed by atoms with Gasteiger partial charge in [-0.1, -0.05) is 0 Å². The zero-order chi connectivity index (χ0) is 13.1. The first-order valence-corrected chi connectivity index (χ1v) is 6.84. The number of likely N-dealkylation sites (tertiary alicyclic amines) is 1. The molecule has 2 N–H and O–H groups in total. The lowest BCUT2D eigenvalue weighted by atomic mass is 9.92. The highest BCUT2D eigenvalue weighted by Crippen LogP contribution is 2.27. The lowest BCUT2D eigenvalue weighted by molar-refractivity contribution is -0.135. The predicted octanol–water partition coefficient (Wildman–Crippen LogP) is -0.0310. The van der Waals surface area contributed by atoms with Gasteiger partial charge in [0, 0.05) is 20.0 Å². The van der Waals surface area contributed by atoms with Gasteiger partial charge in [-0.15, -0.1) is 0 Å². The van der Waals surface area contributed by atoms with Crippen LogP contribution in [0, 0.1) is 11.8 Å². The molecule has 0 saturated carbocycles. The van der Waals surface area contributed by atoms with Crippen LogP contribution in [0.4, 0.5) is 0 Å². The van der Waals surface area contributed by atoms with Crippen molar-refractivity contribution in [1.82, 2.24) is 15.5 Å². The average molecular weight is 253 g/mol. The molecular formula is C13H23N3O2. The van der Waals surface area contributed by atoms with Crippen LogP contribution in [0.1, 0.15) is 26.7 Å². The Labute approximate surface area is 108 Å². The molecule has 0 spiro atoms. The van der Waals surface area contributed by atoms with E-state index in [1.165, 1.54) is 6.92 Å². The van der Waals surface area contributed by atoms with Crippen LogP contribution in [-0.4, -0.2) is 48.9 Å². The fourth-order valence-electron chi connectivity index (χ4n) is 3.08. The first kappa shape index (κ1) is 13.3. The maximum Gasteiger partial charge on any atom is 0.244 e. The van der Waals surface area contributed by atoms with Gasteiger partial charge in [-0.2, -0.15) is 0 Å². The van der Waals surface area contributed by atoms with Crippen molar-refractivity contribution in [2.45, 2.75) is 32.7 Å². The Morgan fingerprint density at radius 3 is 2.28 bits per heavy atom. The Bertz CT molecular complexity index is 318. The van der Waals surface area contributed by atoms with Crippen LogP contribution in [0.3, 0.4) is 0 Å². The Balaban J connectivity index is 1.89. The smallest absolute Gasteiger partial charge is 0.244 e. The minimum Gasteiger partial charge on any atom is -0.345 e. The Morgan fingerprint density at radius 2 is 1.78 bits per heavy atom. The Kier molecular flexibility index (Phi) is 4.22. The van der Waals surface area contributed by atoms with E-state index >= 15 is 0 Å². The normalized spacial score (nSPS) is 29.3. The summed E-state index contributed by atoms with van der Waals surface area (Å²) in [5.41, 5.74) is 0. The predicted molar refractivity (Wildman–Crippen MR) is 68.9 cm³/mol. The van der Waals surface area contributed by atoms with E-state index in [-0.39, 0.29) is 11.8 Å². The van der Waals surface area contributed by atoms with Crippen LogP contribution in [-0.2, 0) is 9.59 Å². The fourth-order valence-corrected chi connectivity index (χ4v) is 3.08. The molecule has 3 atom stereocenters. The summed E-state index contributed by atoms with van der Waals surface area (Å²) in [5.74, 6) is 1.35. The van der Waals surface area contributed by atoms with E-state index in [1.807, 2.05) is 4.90 Å². The maximum absolute atomic E-state index is 12.2. The van der Waals surface area contributed by atoms with Crippen molar-refractivity contribution in [2.24, 2.45) is 11.8 Å². The van der Waals surface area contributed by atoms with Crippen molar-refractivity contribution in [2.75, 3.05) is 26.2 Å². The third-order valence-electron chi connectivity index (χ3n) is 4.12. The van der Waals surface area contributed by atoms with Crippen molar-refractivity contribution >= 4 is 11.8 Å². The fraction of sp³-hybridized carbons (Fsp3) is 0.846. The van der Waals surface area contributed by atoms with Gasteiger partial charge in [0.15, 0.2) is 0 Å². The number of nitrogens with zero attached hydrogens (tertiary/aromatic N) is 1. The van der Waals surface area contributed by atoms with Crippen LogP contribution in [0.25, 0.3) is 0 Å². The molecule has 5 heteroatoms. The van der Waals surface area contributed by atoms with Gasteiger partial charge >= 0.3 is 0 Å². The Hall–Kier alpha value is -1.10. The van der Waals surface area contributed by atoms with E-state index in [4.69, 9.17) is 0 Å². The lowest BCUT2D eigenvalue weighted by Gasteiger charge is -2.24. The van der Waals surface area contributed by atoms with Crippen molar-refractivity contribution in [1.29, 1.82) is 0 Å². The van der Waals surface area contributed by atoms with Crippen LogP contribution in [0.5, 0.6) is 0 Å². The van der Waals surface area contributed by atoms with Gasteiger partial charge in [0.2, 0.25) is 11.8 Å². The molecule has 2 aliphatic rings. The highest BCUT2D eigenvalue weighted by atomic mass is 16.2. The van der Waals surface area contributed by atoms with E-state index in [9.17, 15) is 9.59 Å². The second kappa shape index (κ2) is 5.69. The third kappa shape index (κ3) is 3.02. The summed E-state index contributed by atoms with van der Waals surface area (Å²) in [7, 11) is 0. The second-order valence-corrected chi connectivity index (χ2v) is 5.50. The molecule has 2 saturated heterocycles. The first-order chi connectivity index (χ1) is 8.58. The number of carbonyl (C=O) groups excluding carboxylic acids is 2. The van der Waals surface area contributed by atoms with E-state index in [0.29, 0.717) is 0 Å². The van der Waals surface area contributed by atoms with Gasteiger partial charge in [-0.05, 0) is 44.7 Å². The van der Waals surface area contributed by atoms with Crippen LogP contribution in [0.15, 0.2) is 0 Å². The van der Waals surface area contributed by atoms with E-state index < -0.39 is 6.04 Å². The van der Waals surface area contributed by atoms with Crippen molar-refractivity contribution < 1.29 is 9.59 Å². The molecule has 0 bridgehead atoms. The summed E-state index contributed by atoms with van der Waals surface area (Å²) in [5, 5.41) is 6.09. The number of hydrogen-bond donors (Lipinski definition) is 2. The molecule has 2 rings (SSSR count). The summed E-state index contributed by atoms with van der Waals surface area (Å²) in [6, 6.07) is -0.404. The second-order valence-electron chi connectivity index (χ2n) is 5.50. The minimum absolute atomic E-state index is 0.0538. The maximum atomic E-state index is 12.2. The van der Waals surface area contributed by atoms with Gasteiger partial charge < -0.3 is 15.5 Å². The van der Waals surface area contributed by atoms with Crippen LogP contribution in [0.2, 0.25) is 0 Å². The quantitative estimate of drug-likeness (QED) is 0.726. The zero-order valence-electron chi connectivity index (χ0n) is 11.2. The average Bonchev–Trinajstić information content (AvgIpc) is 2.67. The molecule has 0 aromatic carbocycles. The summed E-state index contributed by atoms with van der Waals surface area (Å²) in [6.45, 7) is 7.04. The molecule has 1 unspecified atom stereocenters. The highest BCUT2D eigenvalue weighted by molar-refractivity contribution is 5.86. The van der Waals surface area contributed by atoms with E-state index in [0.717, 1.165) is 50.9 Å². The number of hydrogen-bond acceptors (Lipinski definition) is 3. The van der Waals surface area contributed by atoms with Gasteiger partial charge in [0.1, 0.15) is 6.04 Å². The highest BCUT2D eigenvalue weighted by Gasteiger charge is 2.32. The van der Waals surface area contributed by atoms with Gasteiger partial charge in [-0.25, -0.2) is 0 Å². The minimum atomic E-state index is -0.404. The van der Waals surface area contributed by atoms with Gasteiger partial charge in [0.05, 0.1) is 0 Å². The first-order valence-electron chi connectivity index (χ1n) is 6.84. The summed E-state index contributed by atoms with van der Waals surface area (Å²) in [4.78, 5) is 25.1. The molecule has 2 fully saturated rings. The molecular weight excluding hydrogens is 230 g/mol. The Morgan fingerprint density at radius 1 is 1.22 bits per heavy atom. The molecule has 0 radical (unpaired) electrons. The van der Waals surface area contributed by atoms with Gasteiger partial charge in [-0.3, -0.25) is 9.59 Å². The topological polar surface area (TPSA) is 61.4 Å². The molecule has 2 aliphatic heterocycles. The molecule has 102 valence electrons. The molecule has 2 heterocycles. The summed E-state index contributed by atoms with van der Waals surface area (Å²) < 4.78 is 0. The lowest BCUT2D eigenvalue weighted by Crippen LogP contribution is -2.46. The summed E-state index contributed by atoms with van der Waals surface area (Å²) >= 11 is 0. The third-order valence-corrected chi connectivity index (χ3v) is 4.12. The van der Waals surface area contributed by atoms with Crippen LogP contribution >= 0.6 is 0 Å². The number of fused-ring (bicyclic) bond motifs is 1. The zero-order valence-corrected chi connectivity index (χ0v) is 11.2. The van der Waals surface area contributed by atoms with E-state index in [2.05, 4.69) is 10.6 Å². The van der Waals surface area contributed by atoms with Crippen molar-refractivity contribution in [3.05, 3.63) is 0 Å². The number of carbonyl (C=O) groups is 2. The van der Waals surface area contributed by atoms with E-state index in [1.54, 1.807) is 6.92 Å². The molecule has 0 aromatic rings. The molecule has 5 nitrogen and oxygen atoms in total. The number of amides is 2. The number of nitrogens with one attached hydrogen (secondary N) is 2. The van der Waals surface area contributed by atoms with Crippen LogP contribution < -0.4 is 10.6 Å². The SMILES string of the molecule is CC(=O)NC(C)C(=O)N1CC[C@@H]2CNC[C@@H]2CC1. The molecule has 0 aliphatic carbocycles. The van der Waals surface area contributed by atoms with Crippen molar-refractivity contribution in [3.63, 3.8) is 0 Å². The van der Waals surface area contributed by atoms with Gasteiger partial charge in [0.25, 0.3) is 0 Å². The van der Waals surface area contributed by atoms with Crippen molar-refractivity contribution in [3.8, 4) is 0 Å².